The highest BCUT2D eigenvalue weighted by Gasteiger charge is 2.21. The maximum atomic E-state index is 5.38. The lowest BCUT2D eigenvalue weighted by Gasteiger charge is -2.28. The lowest BCUT2D eigenvalue weighted by atomic mass is 10.1. The summed E-state index contributed by atoms with van der Waals surface area (Å²) < 4.78 is 10.7. The maximum absolute atomic E-state index is 5.38. The van der Waals surface area contributed by atoms with Crippen molar-refractivity contribution in [3.63, 3.8) is 0 Å². The molecule has 0 aliphatic carbocycles. The van der Waals surface area contributed by atoms with Gasteiger partial charge in [0, 0.05) is 27.3 Å². The second-order valence-corrected chi connectivity index (χ2v) is 3.45. The van der Waals surface area contributed by atoms with Crippen molar-refractivity contribution in [1.82, 2.24) is 4.90 Å². The summed E-state index contributed by atoms with van der Waals surface area (Å²) in [6, 6.07) is 0. The van der Waals surface area contributed by atoms with E-state index >= 15 is 0 Å². The molecule has 0 saturated heterocycles. The van der Waals surface area contributed by atoms with Crippen LogP contribution in [0.25, 0.3) is 0 Å². The summed E-state index contributed by atoms with van der Waals surface area (Å²) in [7, 11) is 5.57. The zero-order chi connectivity index (χ0) is 9.68. The third kappa shape index (κ3) is 3.10. The molecule has 2 atom stereocenters. The molecule has 2 unspecified atom stereocenters. The molecule has 3 nitrogen and oxygen atoms in total. The Bertz CT molecular complexity index is 170. The standard InChI is InChI=1S/C10H19NO2/c1-11-7-5-4-6-9(12-2)10(8-11)13-3/h4,6,9-10H,5,7-8H2,1-3H3/b6-4-. The van der Waals surface area contributed by atoms with E-state index in [-0.39, 0.29) is 12.2 Å². The molecule has 0 fully saturated rings. The van der Waals surface area contributed by atoms with Crippen molar-refractivity contribution in [3.05, 3.63) is 12.2 Å². The van der Waals surface area contributed by atoms with E-state index in [4.69, 9.17) is 9.47 Å². The molecule has 0 saturated carbocycles. The minimum atomic E-state index is 0.0905. The molecule has 0 amide bonds. The van der Waals surface area contributed by atoms with Gasteiger partial charge < -0.3 is 14.4 Å². The Hall–Kier alpha value is -0.380. The van der Waals surface area contributed by atoms with Crippen LogP contribution < -0.4 is 0 Å². The van der Waals surface area contributed by atoms with Crippen molar-refractivity contribution >= 4 is 0 Å². The Labute approximate surface area is 80.3 Å². The SMILES string of the molecule is COC1/C=C\CCN(C)CC1OC. The highest BCUT2D eigenvalue weighted by atomic mass is 16.5. The number of nitrogens with zero attached hydrogens (tertiary/aromatic N) is 1. The number of hydrogen-bond acceptors (Lipinski definition) is 3. The maximum Gasteiger partial charge on any atom is 0.103 e. The van der Waals surface area contributed by atoms with Gasteiger partial charge in [-0.3, -0.25) is 0 Å². The van der Waals surface area contributed by atoms with Crippen LogP contribution in [0.1, 0.15) is 6.42 Å². The van der Waals surface area contributed by atoms with Gasteiger partial charge in [0.15, 0.2) is 0 Å². The molecule has 0 aromatic heterocycles. The number of hydrogen-bond donors (Lipinski definition) is 0. The largest absolute Gasteiger partial charge is 0.377 e. The normalized spacial score (nSPS) is 33.8. The van der Waals surface area contributed by atoms with Crippen LogP contribution in [0.3, 0.4) is 0 Å². The fourth-order valence-electron chi connectivity index (χ4n) is 1.59. The van der Waals surface area contributed by atoms with E-state index in [9.17, 15) is 0 Å². The third-order valence-corrected chi connectivity index (χ3v) is 2.44. The van der Waals surface area contributed by atoms with Gasteiger partial charge in [0.05, 0.1) is 6.10 Å². The molecule has 1 aliphatic rings. The number of likely N-dealkylation sites (N-methyl/N-ethyl adjacent to an activating group) is 1. The van der Waals surface area contributed by atoms with Crippen LogP contribution in [0.4, 0.5) is 0 Å². The summed E-state index contributed by atoms with van der Waals surface area (Å²) in [5, 5.41) is 0. The van der Waals surface area contributed by atoms with Crippen molar-refractivity contribution < 1.29 is 9.47 Å². The average Bonchev–Trinajstić information content (AvgIpc) is 2.11. The fraction of sp³-hybridized carbons (Fsp3) is 0.800. The van der Waals surface area contributed by atoms with E-state index in [1.54, 1.807) is 14.2 Å². The van der Waals surface area contributed by atoms with Crippen molar-refractivity contribution in [2.75, 3.05) is 34.4 Å². The van der Waals surface area contributed by atoms with Crippen LogP contribution in [0.2, 0.25) is 0 Å². The Morgan fingerprint density at radius 1 is 1.31 bits per heavy atom. The minimum absolute atomic E-state index is 0.0905. The van der Waals surface area contributed by atoms with Gasteiger partial charge in [-0.15, -0.1) is 0 Å². The third-order valence-electron chi connectivity index (χ3n) is 2.44. The van der Waals surface area contributed by atoms with E-state index in [1.807, 2.05) is 0 Å². The van der Waals surface area contributed by atoms with Crippen molar-refractivity contribution in [2.24, 2.45) is 0 Å². The first-order chi connectivity index (χ1) is 6.27. The van der Waals surface area contributed by atoms with Crippen molar-refractivity contribution in [3.8, 4) is 0 Å². The molecule has 0 bridgehead atoms. The summed E-state index contributed by atoms with van der Waals surface area (Å²) in [5.41, 5.74) is 0. The minimum Gasteiger partial charge on any atom is -0.377 e. The van der Waals surface area contributed by atoms with E-state index in [1.165, 1.54) is 0 Å². The molecule has 3 heteroatoms. The van der Waals surface area contributed by atoms with Crippen LogP contribution in [-0.2, 0) is 9.47 Å². The summed E-state index contributed by atoms with van der Waals surface area (Å²) >= 11 is 0. The zero-order valence-electron chi connectivity index (χ0n) is 8.69. The van der Waals surface area contributed by atoms with Gasteiger partial charge in [0.2, 0.25) is 0 Å². The molecule has 76 valence electrons. The molecule has 1 heterocycles. The topological polar surface area (TPSA) is 21.7 Å². The van der Waals surface area contributed by atoms with E-state index in [0.717, 1.165) is 19.5 Å². The van der Waals surface area contributed by atoms with Crippen LogP contribution >= 0.6 is 0 Å². The molecule has 1 aliphatic heterocycles. The quantitative estimate of drug-likeness (QED) is 0.597. The second kappa shape index (κ2) is 5.37. The average molecular weight is 185 g/mol. The predicted molar refractivity (Wildman–Crippen MR) is 52.8 cm³/mol. The molecule has 0 N–H and O–H groups in total. The number of rotatable bonds is 2. The van der Waals surface area contributed by atoms with Gasteiger partial charge in [-0.2, -0.15) is 0 Å². The fourth-order valence-corrected chi connectivity index (χ4v) is 1.59. The van der Waals surface area contributed by atoms with E-state index in [0.29, 0.717) is 0 Å². The Kier molecular flexibility index (Phi) is 4.42. The van der Waals surface area contributed by atoms with Gasteiger partial charge in [-0.05, 0) is 13.5 Å². The number of ether oxygens (including phenoxy) is 2. The Balaban J connectivity index is 2.62. The van der Waals surface area contributed by atoms with E-state index < -0.39 is 0 Å². The van der Waals surface area contributed by atoms with Crippen LogP contribution in [0.15, 0.2) is 12.2 Å². The first kappa shape index (κ1) is 10.7. The first-order valence-electron chi connectivity index (χ1n) is 4.68. The molecule has 0 aromatic rings. The molecular formula is C10H19NO2. The van der Waals surface area contributed by atoms with Gasteiger partial charge in [0.25, 0.3) is 0 Å². The van der Waals surface area contributed by atoms with Gasteiger partial charge >= 0.3 is 0 Å². The van der Waals surface area contributed by atoms with Crippen LogP contribution in [0, 0.1) is 0 Å². The molecule has 0 aromatic carbocycles. The Morgan fingerprint density at radius 3 is 2.69 bits per heavy atom. The van der Waals surface area contributed by atoms with Gasteiger partial charge in [0.1, 0.15) is 6.10 Å². The molecule has 1 rings (SSSR count). The molecule has 0 spiro atoms. The zero-order valence-corrected chi connectivity index (χ0v) is 8.69. The molecule has 13 heavy (non-hydrogen) atoms. The highest BCUT2D eigenvalue weighted by Crippen LogP contribution is 2.09. The first-order valence-corrected chi connectivity index (χ1v) is 4.68. The monoisotopic (exact) mass is 185 g/mol. The van der Waals surface area contributed by atoms with Crippen molar-refractivity contribution in [2.45, 2.75) is 18.6 Å². The van der Waals surface area contributed by atoms with E-state index in [2.05, 4.69) is 24.1 Å². The molecule has 0 radical (unpaired) electrons. The summed E-state index contributed by atoms with van der Waals surface area (Å²) in [6.45, 7) is 2.02. The van der Waals surface area contributed by atoms with Gasteiger partial charge in [-0.1, -0.05) is 12.2 Å². The summed E-state index contributed by atoms with van der Waals surface area (Å²) in [4.78, 5) is 2.27. The predicted octanol–water partition coefficient (Wildman–Crippen LogP) is 0.908. The Morgan fingerprint density at radius 2 is 2.08 bits per heavy atom. The number of methoxy groups -OCH3 is 2. The van der Waals surface area contributed by atoms with Crippen LogP contribution in [-0.4, -0.2) is 51.5 Å². The van der Waals surface area contributed by atoms with Crippen molar-refractivity contribution in [1.29, 1.82) is 0 Å². The second-order valence-electron chi connectivity index (χ2n) is 3.45. The lowest BCUT2D eigenvalue weighted by Crippen LogP contribution is -2.40. The smallest absolute Gasteiger partial charge is 0.103 e. The lowest BCUT2D eigenvalue weighted by molar-refractivity contribution is -0.0268. The molecular weight excluding hydrogens is 166 g/mol. The summed E-state index contributed by atoms with van der Waals surface area (Å²) in [6.07, 6.45) is 5.59. The highest BCUT2D eigenvalue weighted by molar-refractivity contribution is 4.96. The van der Waals surface area contributed by atoms with Crippen LogP contribution in [0.5, 0.6) is 0 Å². The van der Waals surface area contributed by atoms with Gasteiger partial charge in [-0.25, -0.2) is 0 Å². The summed E-state index contributed by atoms with van der Waals surface area (Å²) in [5.74, 6) is 0.